The molecule has 4 aromatic rings. The second kappa shape index (κ2) is 12.0. The Morgan fingerprint density at radius 3 is 2.70 bits per heavy atom. The van der Waals surface area contributed by atoms with E-state index in [1.54, 1.807) is 11.8 Å². The van der Waals surface area contributed by atoms with E-state index in [9.17, 15) is 19.0 Å². The van der Waals surface area contributed by atoms with Crippen molar-refractivity contribution < 1.29 is 32.9 Å². The largest absolute Gasteiger partial charge is 0.508 e. The molecule has 12 heteroatoms. The van der Waals surface area contributed by atoms with Crippen LogP contribution in [0.25, 0.3) is 32.9 Å². The molecule has 228 valence electrons. The third-order valence-electron chi connectivity index (χ3n) is 8.39. The number of aromatic hydroxyl groups is 1. The minimum Gasteiger partial charge on any atom is -0.508 e. The zero-order valence-corrected chi connectivity index (χ0v) is 24.1. The number of fused-ring (bicyclic) bond motifs is 2. The highest BCUT2D eigenvalue weighted by atomic mass is 19.1. The average Bonchev–Trinajstić information content (AvgIpc) is 3.53. The Morgan fingerprint density at radius 1 is 1.12 bits per heavy atom. The molecule has 0 saturated carbocycles. The van der Waals surface area contributed by atoms with Crippen LogP contribution < -0.4 is 14.4 Å². The quantitative estimate of drug-likeness (QED) is 0.336. The number of hydrogen-bond acceptors (Lipinski definition) is 9. The van der Waals surface area contributed by atoms with Crippen molar-refractivity contribution in [2.45, 2.75) is 44.8 Å². The second-order valence-corrected chi connectivity index (χ2v) is 11.0. The fourth-order valence-corrected chi connectivity index (χ4v) is 6.46. The molecule has 0 radical (unpaired) electrons. The number of methoxy groups -OCH3 is 1. The number of aryl methyl sites for hydroxylation is 1. The Bertz CT molecular complexity index is 1660. The minimum atomic E-state index is -0.784. The van der Waals surface area contributed by atoms with E-state index in [0.717, 1.165) is 13.0 Å². The van der Waals surface area contributed by atoms with Crippen molar-refractivity contribution in [3.8, 4) is 28.9 Å². The van der Waals surface area contributed by atoms with Crippen LogP contribution in [0.4, 0.5) is 19.0 Å². The predicted molar refractivity (Wildman–Crippen MR) is 157 cm³/mol. The van der Waals surface area contributed by atoms with E-state index in [1.807, 2.05) is 0 Å². The first kappa shape index (κ1) is 29.2. The van der Waals surface area contributed by atoms with Crippen LogP contribution in [-0.2, 0) is 6.42 Å². The standard InChI is InChI=1S/C24H22F2N4O4.C7H12FN/c1-3-14-16(25)5-4-12-10-13(32)11-15(17(12)14)20-19(26)21-18-22(29-24(28-21)33-2)30(6-8-31)7-9-34-23(18)27-20;8-6-4-7-2-1-3-9(7)5-6/h4-5,10-11,31-32H,3,6-9H2,1-2H3;6-7H,1-5H2. The molecule has 2 aromatic carbocycles. The average molecular weight is 598 g/mol. The number of phenolic OH excluding ortho intramolecular Hbond substituents is 1. The number of aliphatic hydroxyl groups excluding tert-OH is 1. The van der Waals surface area contributed by atoms with Crippen molar-refractivity contribution in [3.63, 3.8) is 0 Å². The van der Waals surface area contributed by atoms with Crippen LogP contribution in [-0.4, -0.2) is 88.8 Å². The highest BCUT2D eigenvalue weighted by molar-refractivity contribution is 6.03. The maximum absolute atomic E-state index is 16.1. The topological polar surface area (TPSA) is 104 Å². The van der Waals surface area contributed by atoms with Gasteiger partial charge in [-0.3, -0.25) is 4.90 Å². The number of ether oxygens (including phenoxy) is 2. The highest BCUT2D eigenvalue weighted by Crippen LogP contribution is 2.42. The van der Waals surface area contributed by atoms with Gasteiger partial charge in [-0.1, -0.05) is 13.0 Å². The van der Waals surface area contributed by atoms with Crippen LogP contribution in [0.5, 0.6) is 17.6 Å². The van der Waals surface area contributed by atoms with E-state index in [-0.39, 0.29) is 59.6 Å². The van der Waals surface area contributed by atoms with E-state index in [2.05, 4.69) is 19.9 Å². The van der Waals surface area contributed by atoms with Crippen molar-refractivity contribution in [1.29, 1.82) is 0 Å². The molecule has 3 aliphatic heterocycles. The third kappa shape index (κ3) is 5.38. The number of anilines is 1. The van der Waals surface area contributed by atoms with Gasteiger partial charge in [-0.15, -0.1) is 0 Å². The highest BCUT2D eigenvalue weighted by Gasteiger charge is 2.35. The Morgan fingerprint density at radius 2 is 1.95 bits per heavy atom. The SMILES string of the molecule is CCc1c(F)ccc2cc(O)cc(-c3nc4c5c(nc(OC)nc5c3F)N(CCO)CCO4)c12.FC1CC2CCCN2C1. The van der Waals surface area contributed by atoms with E-state index < -0.39 is 17.8 Å². The van der Waals surface area contributed by atoms with Crippen LogP contribution in [0.1, 0.15) is 31.7 Å². The van der Waals surface area contributed by atoms with Gasteiger partial charge in [0, 0.05) is 24.7 Å². The van der Waals surface area contributed by atoms with Gasteiger partial charge in [0.15, 0.2) is 5.82 Å². The summed E-state index contributed by atoms with van der Waals surface area (Å²) in [6.07, 6.45) is 3.17. The molecular weight excluding hydrogens is 563 g/mol. The molecule has 2 N–H and O–H groups in total. The van der Waals surface area contributed by atoms with Crippen molar-refractivity contribution in [3.05, 3.63) is 41.5 Å². The van der Waals surface area contributed by atoms with Gasteiger partial charge in [0.05, 0.1) is 20.3 Å². The summed E-state index contributed by atoms with van der Waals surface area (Å²) >= 11 is 0. The zero-order valence-electron chi connectivity index (χ0n) is 24.1. The van der Waals surface area contributed by atoms with Gasteiger partial charge >= 0.3 is 6.01 Å². The summed E-state index contributed by atoms with van der Waals surface area (Å²) in [4.78, 5) is 17.1. The number of rotatable bonds is 5. The van der Waals surface area contributed by atoms with Gasteiger partial charge in [-0.25, -0.2) is 18.2 Å². The number of aliphatic hydroxyl groups is 1. The molecule has 2 saturated heterocycles. The molecule has 9 nitrogen and oxygen atoms in total. The molecule has 43 heavy (non-hydrogen) atoms. The van der Waals surface area contributed by atoms with Gasteiger partial charge in [-0.2, -0.15) is 9.97 Å². The van der Waals surface area contributed by atoms with Gasteiger partial charge < -0.3 is 24.6 Å². The lowest BCUT2D eigenvalue weighted by Gasteiger charge is -2.21. The fraction of sp³-hybridized carbons (Fsp3) is 0.452. The summed E-state index contributed by atoms with van der Waals surface area (Å²) in [5.74, 6) is -0.881. The van der Waals surface area contributed by atoms with Crippen molar-refractivity contribution in [2.75, 3.05) is 51.4 Å². The Balaban J connectivity index is 0.000000310. The van der Waals surface area contributed by atoms with E-state index in [1.165, 1.54) is 44.2 Å². The number of halogens is 3. The summed E-state index contributed by atoms with van der Waals surface area (Å²) in [5, 5.41) is 21.1. The normalized spacial score (nSPS) is 19.6. The number of alkyl halides is 1. The molecular formula is C31H34F3N5O4. The van der Waals surface area contributed by atoms with Gasteiger partial charge in [0.1, 0.15) is 46.8 Å². The number of phenols is 1. The minimum absolute atomic E-state index is 0.0598. The van der Waals surface area contributed by atoms with Gasteiger partial charge in [0.25, 0.3) is 0 Å². The van der Waals surface area contributed by atoms with Crippen molar-refractivity contribution >= 4 is 27.5 Å². The number of benzene rings is 2. The molecule has 2 atom stereocenters. The molecule has 2 aromatic heterocycles. The summed E-state index contributed by atoms with van der Waals surface area (Å²) < 4.78 is 54.5. The number of pyridine rings is 1. The fourth-order valence-electron chi connectivity index (χ4n) is 6.46. The van der Waals surface area contributed by atoms with Gasteiger partial charge in [0.2, 0.25) is 5.88 Å². The maximum Gasteiger partial charge on any atom is 0.318 e. The summed E-state index contributed by atoms with van der Waals surface area (Å²) in [6, 6.07) is 6.27. The third-order valence-corrected chi connectivity index (χ3v) is 8.39. The van der Waals surface area contributed by atoms with Crippen LogP contribution in [0.15, 0.2) is 24.3 Å². The molecule has 0 bridgehead atoms. The van der Waals surface area contributed by atoms with Crippen LogP contribution in [0.3, 0.4) is 0 Å². The molecule has 0 spiro atoms. The number of β-amino-alcohol motifs (C(OH)–C–C–N with tert-alkyl or cyclic N) is 1. The number of nitrogens with zero attached hydrogens (tertiary/aromatic N) is 5. The molecule has 0 amide bonds. The first-order valence-electron chi connectivity index (χ1n) is 14.6. The van der Waals surface area contributed by atoms with Crippen molar-refractivity contribution in [2.24, 2.45) is 0 Å². The lowest BCUT2D eigenvalue weighted by Crippen LogP contribution is -2.30. The van der Waals surface area contributed by atoms with Crippen LogP contribution in [0, 0.1) is 11.6 Å². The number of hydrogen-bond donors (Lipinski definition) is 2. The molecule has 5 heterocycles. The Kier molecular flexibility index (Phi) is 8.15. The van der Waals surface area contributed by atoms with Crippen molar-refractivity contribution in [1.82, 2.24) is 19.9 Å². The lowest BCUT2D eigenvalue weighted by atomic mass is 9.94. The molecule has 2 unspecified atom stereocenters. The maximum atomic E-state index is 16.1. The monoisotopic (exact) mass is 597 g/mol. The first-order chi connectivity index (χ1) is 20.8. The first-order valence-corrected chi connectivity index (χ1v) is 14.6. The summed E-state index contributed by atoms with van der Waals surface area (Å²) in [6.45, 7) is 4.35. The van der Waals surface area contributed by atoms with E-state index >= 15 is 4.39 Å². The van der Waals surface area contributed by atoms with Crippen LogP contribution >= 0.6 is 0 Å². The molecule has 0 aliphatic carbocycles. The zero-order chi connectivity index (χ0) is 30.2. The van der Waals surface area contributed by atoms with E-state index in [4.69, 9.17) is 9.47 Å². The van der Waals surface area contributed by atoms with Gasteiger partial charge in [-0.05, 0) is 66.8 Å². The van der Waals surface area contributed by atoms with Crippen LogP contribution in [0.2, 0.25) is 0 Å². The summed E-state index contributed by atoms with van der Waals surface area (Å²) in [7, 11) is 1.37. The second-order valence-electron chi connectivity index (χ2n) is 11.0. The molecule has 3 aliphatic rings. The molecule has 7 rings (SSSR count). The predicted octanol–water partition coefficient (Wildman–Crippen LogP) is 4.78. The van der Waals surface area contributed by atoms with E-state index in [0.29, 0.717) is 47.7 Å². The Labute approximate surface area is 246 Å². The molecule has 2 fully saturated rings. The lowest BCUT2D eigenvalue weighted by molar-refractivity contribution is 0.290. The number of aromatic nitrogens is 3. The smallest absolute Gasteiger partial charge is 0.318 e. The Hall–Kier alpha value is -3.90. The summed E-state index contributed by atoms with van der Waals surface area (Å²) in [5.41, 5.74) is 0.389.